The lowest BCUT2D eigenvalue weighted by molar-refractivity contribution is -0.156. The van der Waals surface area contributed by atoms with Crippen LogP contribution in [-0.2, 0) is 16.0 Å². The standard InChI is InChI=1S/C27H34FN5O3/c1-3-22(18-8-5-4-6-9-18)31-27(36)33-24(26(35)32(2)20-11-7-10-19(28)16-20)21(25(33)34)14-17-12-13-30-23(29)15-17/h7,10-13,15-16,18,21-22,24H,3-6,8-9,14H2,1-2H3,(H2,29,30)(H,31,36)/t21-,22?,24?/m1/s1. The number of carbonyl (C=O) groups excluding carboxylic acids is 3. The van der Waals surface area contributed by atoms with Gasteiger partial charge in [-0.15, -0.1) is 0 Å². The molecule has 4 rings (SSSR count). The third-order valence-corrected chi connectivity index (χ3v) is 7.48. The molecule has 3 N–H and O–H groups in total. The number of nitrogens with two attached hydrogens (primary N) is 1. The number of nitrogens with one attached hydrogen (secondary N) is 1. The van der Waals surface area contributed by atoms with Crippen molar-refractivity contribution in [3.63, 3.8) is 0 Å². The number of benzene rings is 1. The molecule has 2 aromatic rings. The highest BCUT2D eigenvalue weighted by molar-refractivity contribution is 6.12. The lowest BCUT2D eigenvalue weighted by Gasteiger charge is -2.46. The molecule has 1 aromatic heterocycles. The van der Waals surface area contributed by atoms with Crippen LogP contribution in [0.5, 0.6) is 0 Å². The molecule has 1 aliphatic heterocycles. The van der Waals surface area contributed by atoms with Crippen molar-refractivity contribution < 1.29 is 18.8 Å². The van der Waals surface area contributed by atoms with Crippen molar-refractivity contribution in [3.05, 3.63) is 54.0 Å². The van der Waals surface area contributed by atoms with Gasteiger partial charge in [0.25, 0.3) is 5.91 Å². The van der Waals surface area contributed by atoms with Crippen LogP contribution in [0.25, 0.3) is 0 Å². The molecule has 1 saturated heterocycles. The average molecular weight is 496 g/mol. The van der Waals surface area contributed by atoms with Gasteiger partial charge in [-0.25, -0.2) is 14.2 Å². The normalized spacial score (nSPS) is 21.0. The largest absolute Gasteiger partial charge is 0.384 e. The van der Waals surface area contributed by atoms with E-state index in [4.69, 9.17) is 5.73 Å². The summed E-state index contributed by atoms with van der Waals surface area (Å²) in [4.78, 5) is 46.5. The number of β-lactam (4-membered cyclic amide) rings is 1. The van der Waals surface area contributed by atoms with Crippen molar-refractivity contribution in [1.82, 2.24) is 15.2 Å². The first-order chi connectivity index (χ1) is 17.3. The maximum Gasteiger partial charge on any atom is 0.325 e. The Morgan fingerprint density at radius 3 is 2.64 bits per heavy atom. The first-order valence-corrected chi connectivity index (χ1v) is 12.7. The maximum absolute atomic E-state index is 13.8. The van der Waals surface area contributed by atoms with Crippen LogP contribution in [0.4, 0.5) is 20.7 Å². The van der Waals surface area contributed by atoms with Crippen LogP contribution in [-0.4, -0.2) is 46.9 Å². The Hall–Kier alpha value is -3.49. The van der Waals surface area contributed by atoms with E-state index in [0.717, 1.165) is 42.6 Å². The van der Waals surface area contributed by atoms with E-state index >= 15 is 0 Å². The van der Waals surface area contributed by atoms with E-state index in [1.807, 2.05) is 6.92 Å². The molecule has 2 fully saturated rings. The second-order valence-electron chi connectivity index (χ2n) is 9.79. The Kier molecular flexibility index (Phi) is 7.86. The molecular formula is C27H34FN5O3. The van der Waals surface area contributed by atoms with Gasteiger partial charge < -0.3 is 16.0 Å². The van der Waals surface area contributed by atoms with Crippen molar-refractivity contribution >= 4 is 29.4 Å². The van der Waals surface area contributed by atoms with Gasteiger partial charge in [0.05, 0.1) is 5.92 Å². The molecule has 0 radical (unpaired) electrons. The number of imide groups is 1. The summed E-state index contributed by atoms with van der Waals surface area (Å²) in [5, 5.41) is 3.04. The predicted octanol–water partition coefficient (Wildman–Crippen LogP) is 3.90. The zero-order valence-corrected chi connectivity index (χ0v) is 20.8. The zero-order valence-electron chi connectivity index (χ0n) is 20.8. The number of amides is 4. The number of urea groups is 1. The third kappa shape index (κ3) is 5.34. The summed E-state index contributed by atoms with van der Waals surface area (Å²) in [6.07, 6.45) is 8.10. The average Bonchev–Trinajstić information content (AvgIpc) is 2.88. The van der Waals surface area contributed by atoms with E-state index in [1.54, 1.807) is 24.4 Å². The van der Waals surface area contributed by atoms with Gasteiger partial charge >= 0.3 is 6.03 Å². The number of aromatic nitrogens is 1. The van der Waals surface area contributed by atoms with Crippen LogP contribution < -0.4 is 16.0 Å². The zero-order chi connectivity index (χ0) is 25.8. The minimum Gasteiger partial charge on any atom is -0.384 e. The quantitative estimate of drug-likeness (QED) is 0.567. The SMILES string of the molecule is CCC(NC(=O)N1C(=O)[C@H](Cc2ccnc(N)c2)C1C(=O)N(C)c1cccc(F)c1)C1CCCCC1. The highest BCUT2D eigenvalue weighted by atomic mass is 19.1. The summed E-state index contributed by atoms with van der Waals surface area (Å²) in [6.45, 7) is 2.02. The lowest BCUT2D eigenvalue weighted by Crippen LogP contribution is -2.71. The molecule has 4 amide bonds. The molecular weight excluding hydrogens is 461 g/mol. The van der Waals surface area contributed by atoms with E-state index in [0.29, 0.717) is 17.4 Å². The monoisotopic (exact) mass is 495 g/mol. The number of likely N-dealkylation sites (N-methyl/N-ethyl adjacent to an activating group) is 1. The molecule has 1 aromatic carbocycles. The third-order valence-electron chi connectivity index (χ3n) is 7.48. The van der Waals surface area contributed by atoms with Crippen molar-refractivity contribution in [2.24, 2.45) is 11.8 Å². The Morgan fingerprint density at radius 1 is 1.22 bits per heavy atom. The van der Waals surface area contributed by atoms with Crippen LogP contribution in [0, 0.1) is 17.7 Å². The molecule has 2 heterocycles. The highest BCUT2D eigenvalue weighted by Gasteiger charge is 2.55. The molecule has 9 heteroatoms. The van der Waals surface area contributed by atoms with Gasteiger partial charge in [0.15, 0.2) is 0 Å². The summed E-state index contributed by atoms with van der Waals surface area (Å²) in [7, 11) is 1.52. The second kappa shape index (κ2) is 11.1. The van der Waals surface area contributed by atoms with E-state index in [1.165, 1.54) is 36.6 Å². The summed E-state index contributed by atoms with van der Waals surface area (Å²) in [5.74, 6) is -1.40. The first kappa shape index (κ1) is 25.6. The van der Waals surface area contributed by atoms with Gasteiger partial charge in [-0.05, 0) is 67.5 Å². The van der Waals surface area contributed by atoms with Gasteiger partial charge in [-0.1, -0.05) is 32.3 Å². The fourth-order valence-electron chi connectivity index (χ4n) is 5.46. The molecule has 36 heavy (non-hydrogen) atoms. The van der Waals surface area contributed by atoms with Gasteiger partial charge in [-0.3, -0.25) is 14.5 Å². The van der Waals surface area contributed by atoms with Gasteiger partial charge in [-0.2, -0.15) is 0 Å². The number of nitrogen functional groups attached to an aromatic ring is 1. The van der Waals surface area contributed by atoms with E-state index in [-0.39, 0.29) is 12.5 Å². The van der Waals surface area contributed by atoms with Gasteiger partial charge in [0.1, 0.15) is 17.7 Å². The smallest absolute Gasteiger partial charge is 0.325 e. The molecule has 8 nitrogen and oxygen atoms in total. The van der Waals surface area contributed by atoms with Crippen molar-refractivity contribution in [2.75, 3.05) is 17.7 Å². The number of pyridine rings is 1. The van der Waals surface area contributed by atoms with Crippen LogP contribution in [0.3, 0.4) is 0 Å². The van der Waals surface area contributed by atoms with E-state index < -0.39 is 35.6 Å². The maximum atomic E-state index is 13.8. The lowest BCUT2D eigenvalue weighted by atomic mass is 9.81. The minimum atomic E-state index is -1.01. The Morgan fingerprint density at radius 2 is 1.97 bits per heavy atom. The molecule has 0 spiro atoms. The van der Waals surface area contributed by atoms with Crippen LogP contribution in [0.1, 0.15) is 51.0 Å². The summed E-state index contributed by atoms with van der Waals surface area (Å²) in [5.41, 5.74) is 6.89. The Balaban J connectivity index is 1.57. The summed E-state index contributed by atoms with van der Waals surface area (Å²) in [6, 6.07) is 7.45. The van der Waals surface area contributed by atoms with Crippen LogP contribution in [0.15, 0.2) is 42.6 Å². The number of hydrogen-bond acceptors (Lipinski definition) is 5. The van der Waals surface area contributed by atoms with E-state index in [2.05, 4.69) is 10.3 Å². The summed E-state index contributed by atoms with van der Waals surface area (Å²) >= 11 is 0. The first-order valence-electron chi connectivity index (χ1n) is 12.7. The second-order valence-corrected chi connectivity index (χ2v) is 9.79. The molecule has 2 unspecified atom stereocenters. The fraction of sp³-hybridized carbons (Fsp3) is 0.481. The van der Waals surface area contributed by atoms with Crippen LogP contribution in [0.2, 0.25) is 0 Å². The fourth-order valence-corrected chi connectivity index (χ4v) is 5.46. The predicted molar refractivity (Wildman–Crippen MR) is 135 cm³/mol. The van der Waals surface area contributed by atoms with Crippen molar-refractivity contribution in [2.45, 2.75) is 64.0 Å². The summed E-state index contributed by atoms with van der Waals surface area (Å²) < 4.78 is 13.8. The number of anilines is 2. The topological polar surface area (TPSA) is 109 Å². The minimum absolute atomic E-state index is 0.0543. The Bertz CT molecular complexity index is 1120. The number of nitrogens with zero attached hydrogens (tertiary/aromatic N) is 3. The molecule has 0 bridgehead atoms. The Labute approximate surface area is 211 Å². The van der Waals surface area contributed by atoms with Crippen molar-refractivity contribution in [3.8, 4) is 0 Å². The molecule has 1 aliphatic carbocycles. The molecule has 192 valence electrons. The van der Waals surface area contributed by atoms with Gasteiger partial charge in [0, 0.05) is 25.0 Å². The molecule has 3 atom stereocenters. The van der Waals surface area contributed by atoms with E-state index in [9.17, 15) is 18.8 Å². The number of carbonyl (C=O) groups is 3. The van der Waals surface area contributed by atoms with Crippen molar-refractivity contribution in [1.29, 1.82) is 0 Å². The van der Waals surface area contributed by atoms with Crippen LogP contribution >= 0.6 is 0 Å². The number of halogens is 1. The number of likely N-dealkylation sites (tertiary alicyclic amines) is 1. The number of hydrogen-bond donors (Lipinski definition) is 2. The molecule has 1 saturated carbocycles. The van der Waals surface area contributed by atoms with Gasteiger partial charge in [0.2, 0.25) is 5.91 Å². The highest BCUT2D eigenvalue weighted by Crippen LogP contribution is 2.34. The molecule has 2 aliphatic rings. The number of rotatable bonds is 7.